The lowest BCUT2D eigenvalue weighted by atomic mass is 9.87. The summed E-state index contributed by atoms with van der Waals surface area (Å²) in [6.45, 7) is 0.852. The molecule has 0 radical (unpaired) electrons. The highest BCUT2D eigenvalue weighted by atomic mass is 35.5. The van der Waals surface area contributed by atoms with E-state index in [1.165, 1.54) is 12.1 Å². The van der Waals surface area contributed by atoms with Gasteiger partial charge >= 0.3 is 6.18 Å². The van der Waals surface area contributed by atoms with E-state index in [0.29, 0.717) is 5.71 Å². The molecule has 0 amide bonds. The fourth-order valence-corrected chi connectivity index (χ4v) is 3.21. The monoisotopic (exact) mass is 418 g/mol. The van der Waals surface area contributed by atoms with Gasteiger partial charge in [-0.15, -0.1) is 24.8 Å². The predicted molar refractivity (Wildman–Crippen MR) is 109 cm³/mol. The standard InChI is InChI=1S/C20H21F3N2.2ClH/c1-25(2)12-11-15-13-14-7-3-4-8-16(14)19(24-15)17-9-5-6-10-18(17)20(21,22)23;;/h3-10,15H,11-13H2,1-2H3;2*1H. The average Bonchev–Trinajstić information content (AvgIpc) is 2.58. The Morgan fingerprint density at radius 3 is 2.19 bits per heavy atom. The van der Waals surface area contributed by atoms with Gasteiger partial charge in [0.1, 0.15) is 0 Å². The SMILES string of the molecule is CN(C)CCC1Cc2ccccc2C(c2ccccc2C(F)(F)F)=N1.Cl.Cl. The number of hydrogen-bond donors (Lipinski definition) is 0. The highest BCUT2D eigenvalue weighted by Crippen LogP contribution is 2.35. The van der Waals surface area contributed by atoms with E-state index >= 15 is 0 Å². The quantitative estimate of drug-likeness (QED) is 0.660. The number of nitrogens with zero attached hydrogens (tertiary/aromatic N) is 2. The summed E-state index contributed by atoms with van der Waals surface area (Å²) in [4.78, 5) is 6.80. The summed E-state index contributed by atoms with van der Waals surface area (Å²) in [5.74, 6) is 0. The molecule has 1 aliphatic heterocycles. The van der Waals surface area contributed by atoms with Crippen LogP contribution < -0.4 is 0 Å². The average molecular weight is 419 g/mol. The molecule has 2 nitrogen and oxygen atoms in total. The maximum absolute atomic E-state index is 13.5. The molecular formula is C20H23Cl2F3N2. The van der Waals surface area contributed by atoms with Crippen molar-refractivity contribution in [3.8, 4) is 0 Å². The Morgan fingerprint density at radius 1 is 0.963 bits per heavy atom. The molecule has 1 heterocycles. The summed E-state index contributed by atoms with van der Waals surface area (Å²) in [6.07, 6.45) is -2.81. The first-order valence-corrected chi connectivity index (χ1v) is 8.33. The van der Waals surface area contributed by atoms with Crippen molar-refractivity contribution in [1.82, 2.24) is 4.90 Å². The van der Waals surface area contributed by atoms with Crippen LogP contribution in [0.15, 0.2) is 53.5 Å². The van der Waals surface area contributed by atoms with Gasteiger partial charge in [-0.2, -0.15) is 13.2 Å². The Bertz CT molecular complexity index is 789. The summed E-state index contributed by atoms with van der Waals surface area (Å²) >= 11 is 0. The van der Waals surface area contributed by atoms with Gasteiger partial charge in [-0.3, -0.25) is 4.99 Å². The lowest BCUT2D eigenvalue weighted by Gasteiger charge is -2.26. The van der Waals surface area contributed by atoms with Crippen molar-refractivity contribution < 1.29 is 13.2 Å². The first-order valence-electron chi connectivity index (χ1n) is 8.33. The number of fused-ring (bicyclic) bond motifs is 1. The van der Waals surface area contributed by atoms with Crippen LogP contribution >= 0.6 is 24.8 Å². The van der Waals surface area contributed by atoms with Crippen LogP contribution in [0.3, 0.4) is 0 Å². The third-order valence-corrected chi connectivity index (χ3v) is 4.44. The van der Waals surface area contributed by atoms with Crippen molar-refractivity contribution in [2.45, 2.75) is 25.1 Å². The van der Waals surface area contributed by atoms with Crippen molar-refractivity contribution in [1.29, 1.82) is 0 Å². The highest BCUT2D eigenvalue weighted by molar-refractivity contribution is 6.15. The fraction of sp³-hybridized carbons (Fsp3) is 0.350. The topological polar surface area (TPSA) is 15.6 Å². The van der Waals surface area contributed by atoms with E-state index in [1.54, 1.807) is 6.07 Å². The van der Waals surface area contributed by atoms with E-state index < -0.39 is 11.7 Å². The maximum atomic E-state index is 13.5. The van der Waals surface area contributed by atoms with Gasteiger partial charge < -0.3 is 4.90 Å². The summed E-state index contributed by atoms with van der Waals surface area (Å²) in [7, 11) is 3.97. The van der Waals surface area contributed by atoms with Crippen LogP contribution in [0.1, 0.15) is 28.7 Å². The van der Waals surface area contributed by atoms with Crippen molar-refractivity contribution in [3.05, 3.63) is 70.8 Å². The number of alkyl halides is 3. The zero-order valence-electron chi connectivity index (χ0n) is 15.2. The molecule has 2 aromatic carbocycles. The Hall–Kier alpha value is -1.56. The second kappa shape index (κ2) is 9.58. The van der Waals surface area contributed by atoms with E-state index in [4.69, 9.17) is 4.99 Å². The van der Waals surface area contributed by atoms with Gasteiger partial charge in [0.05, 0.1) is 17.3 Å². The molecule has 1 aliphatic rings. The van der Waals surface area contributed by atoms with Gasteiger partial charge in [-0.1, -0.05) is 42.5 Å². The summed E-state index contributed by atoms with van der Waals surface area (Å²) in [6, 6.07) is 13.3. The third-order valence-electron chi connectivity index (χ3n) is 4.44. The summed E-state index contributed by atoms with van der Waals surface area (Å²) < 4.78 is 40.4. The molecule has 1 unspecified atom stereocenters. The fourth-order valence-electron chi connectivity index (χ4n) is 3.21. The molecule has 0 fully saturated rings. The predicted octanol–water partition coefficient (Wildman–Crippen LogP) is 5.26. The molecular weight excluding hydrogens is 396 g/mol. The first kappa shape index (κ1) is 23.5. The van der Waals surface area contributed by atoms with Crippen LogP contribution in [0.2, 0.25) is 0 Å². The molecule has 2 aromatic rings. The van der Waals surface area contributed by atoms with Gasteiger partial charge in [-0.05, 0) is 45.1 Å². The number of hydrogen-bond acceptors (Lipinski definition) is 2. The maximum Gasteiger partial charge on any atom is 0.417 e. The second-order valence-corrected chi connectivity index (χ2v) is 6.63. The molecule has 3 rings (SSSR count). The minimum absolute atomic E-state index is 0. The van der Waals surface area contributed by atoms with Crippen LogP contribution in [0.5, 0.6) is 0 Å². The van der Waals surface area contributed by atoms with E-state index in [-0.39, 0.29) is 36.4 Å². The lowest BCUT2D eigenvalue weighted by Crippen LogP contribution is -2.27. The second-order valence-electron chi connectivity index (χ2n) is 6.63. The van der Waals surface area contributed by atoms with Crippen LogP contribution in [0, 0.1) is 0 Å². The van der Waals surface area contributed by atoms with Gasteiger partial charge in [0.15, 0.2) is 0 Å². The smallest absolute Gasteiger partial charge is 0.309 e. The normalized spacial score (nSPS) is 16.1. The number of aliphatic imine (C=N–C) groups is 1. The molecule has 148 valence electrons. The van der Waals surface area contributed by atoms with E-state index in [0.717, 1.165) is 36.6 Å². The van der Waals surface area contributed by atoms with E-state index in [9.17, 15) is 13.2 Å². The molecule has 0 saturated heterocycles. The Kier molecular flexibility index (Phi) is 8.33. The third kappa shape index (κ3) is 5.47. The molecule has 0 spiro atoms. The first-order chi connectivity index (χ1) is 11.9. The van der Waals surface area contributed by atoms with E-state index in [1.807, 2.05) is 38.4 Å². The molecule has 1 atom stereocenters. The van der Waals surface area contributed by atoms with E-state index in [2.05, 4.69) is 4.90 Å². The van der Waals surface area contributed by atoms with Crippen LogP contribution in [-0.4, -0.2) is 37.3 Å². The molecule has 7 heteroatoms. The Morgan fingerprint density at radius 2 is 1.56 bits per heavy atom. The zero-order chi connectivity index (χ0) is 18.0. The number of halogens is 5. The lowest BCUT2D eigenvalue weighted by molar-refractivity contribution is -0.137. The molecule has 0 saturated carbocycles. The zero-order valence-corrected chi connectivity index (χ0v) is 16.8. The Labute approximate surface area is 170 Å². The number of benzene rings is 2. The van der Waals surface area contributed by atoms with Crippen molar-refractivity contribution in [2.75, 3.05) is 20.6 Å². The summed E-state index contributed by atoms with van der Waals surface area (Å²) in [5.41, 5.74) is 1.86. The van der Waals surface area contributed by atoms with Crippen molar-refractivity contribution in [3.63, 3.8) is 0 Å². The molecule has 0 bridgehead atoms. The van der Waals surface area contributed by atoms with Crippen molar-refractivity contribution in [2.24, 2.45) is 4.99 Å². The minimum atomic E-state index is -4.40. The highest BCUT2D eigenvalue weighted by Gasteiger charge is 2.35. The summed E-state index contributed by atoms with van der Waals surface area (Å²) in [5, 5.41) is 0. The van der Waals surface area contributed by atoms with Gasteiger partial charge in [0, 0.05) is 11.1 Å². The van der Waals surface area contributed by atoms with Crippen LogP contribution in [-0.2, 0) is 12.6 Å². The molecule has 0 aliphatic carbocycles. The van der Waals surface area contributed by atoms with Crippen molar-refractivity contribution >= 4 is 30.5 Å². The van der Waals surface area contributed by atoms with Gasteiger partial charge in [0.2, 0.25) is 0 Å². The molecule has 27 heavy (non-hydrogen) atoms. The van der Waals surface area contributed by atoms with Gasteiger partial charge in [-0.25, -0.2) is 0 Å². The van der Waals surface area contributed by atoms with Gasteiger partial charge in [0.25, 0.3) is 0 Å². The van der Waals surface area contributed by atoms with Crippen LogP contribution in [0.4, 0.5) is 13.2 Å². The molecule has 0 N–H and O–H groups in total. The Balaban J connectivity index is 0.00000182. The number of rotatable bonds is 4. The minimum Gasteiger partial charge on any atom is -0.309 e. The molecule has 0 aromatic heterocycles. The van der Waals surface area contributed by atoms with Crippen LogP contribution in [0.25, 0.3) is 0 Å². The largest absolute Gasteiger partial charge is 0.417 e.